The number of carbonyl (C=O) groups excluding carboxylic acids is 2. The molecule has 0 saturated heterocycles. The summed E-state index contributed by atoms with van der Waals surface area (Å²) in [7, 11) is 0. The van der Waals surface area contributed by atoms with Crippen molar-refractivity contribution in [3.05, 3.63) is 29.8 Å². The third-order valence-corrected chi connectivity index (χ3v) is 7.20. The number of aliphatic hydroxyl groups is 1. The molecule has 0 aromatic heterocycles. The number of ether oxygens (including phenoxy) is 1. The second-order valence-electron chi connectivity index (χ2n) is 8.52. The van der Waals surface area contributed by atoms with Crippen LogP contribution in [0.3, 0.4) is 0 Å². The van der Waals surface area contributed by atoms with Crippen molar-refractivity contribution >= 4 is 17.6 Å². The zero-order chi connectivity index (χ0) is 19.2. The van der Waals surface area contributed by atoms with Crippen molar-refractivity contribution in [2.24, 2.45) is 16.2 Å². The number of esters is 1. The number of carbonyl (C=O) groups is 2. The molecule has 3 atom stereocenters. The zero-order valence-electron chi connectivity index (χ0n) is 16.1. The molecule has 142 valence electrons. The van der Waals surface area contributed by atoms with Gasteiger partial charge in [-0.1, -0.05) is 33.8 Å². The minimum absolute atomic E-state index is 0.0677. The molecular weight excluding hydrogens is 330 g/mol. The highest BCUT2D eigenvalue weighted by Crippen LogP contribution is 2.72. The van der Waals surface area contributed by atoms with Crippen LogP contribution in [0.15, 0.2) is 24.3 Å². The second kappa shape index (κ2) is 6.38. The first kappa shape index (κ1) is 18.9. The second-order valence-corrected chi connectivity index (χ2v) is 8.52. The number of nitrogens with one attached hydrogen (secondary N) is 1. The Hall–Kier alpha value is -1.88. The quantitative estimate of drug-likeness (QED) is 0.785. The van der Waals surface area contributed by atoms with Crippen LogP contribution >= 0.6 is 0 Å². The van der Waals surface area contributed by atoms with Crippen molar-refractivity contribution in [3.8, 4) is 0 Å². The van der Waals surface area contributed by atoms with E-state index in [4.69, 9.17) is 4.74 Å². The topological polar surface area (TPSA) is 75.6 Å². The lowest BCUT2D eigenvalue weighted by atomic mass is 9.64. The van der Waals surface area contributed by atoms with Gasteiger partial charge in [0, 0.05) is 5.69 Å². The Bertz CT molecular complexity index is 728. The highest BCUT2D eigenvalue weighted by Gasteiger charge is 2.72. The Morgan fingerprint density at radius 3 is 2.58 bits per heavy atom. The van der Waals surface area contributed by atoms with Crippen molar-refractivity contribution in [1.82, 2.24) is 0 Å². The predicted molar refractivity (Wildman–Crippen MR) is 99.8 cm³/mol. The first-order valence-electron chi connectivity index (χ1n) is 9.45. The summed E-state index contributed by atoms with van der Waals surface area (Å²) in [5.41, 5.74) is -0.103. The predicted octanol–water partition coefficient (Wildman–Crippen LogP) is 3.77. The van der Waals surface area contributed by atoms with Gasteiger partial charge in [-0.05, 0) is 54.7 Å². The van der Waals surface area contributed by atoms with Gasteiger partial charge in [0.2, 0.25) is 5.91 Å². The highest BCUT2D eigenvalue weighted by atomic mass is 16.5. The normalized spacial score (nSPS) is 31.7. The number of benzene rings is 1. The molecule has 26 heavy (non-hydrogen) atoms. The van der Waals surface area contributed by atoms with Crippen LogP contribution in [0.5, 0.6) is 0 Å². The van der Waals surface area contributed by atoms with Crippen molar-refractivity contribution < 1.29 is 19.4 Å². The molecule has 0 heterocycles. The maximum absolute atomic E-state index is 13.2. The molecule has 2 saturated carbocycles. The van der Waals surface area contributed by atoms with E-state index in [9.17, 15) is 14.7 Å². The number of aliphatic hydroxyl groups excluding tert-OH is 1. The fourth-order valence-electron chi connectivity index (χ4n) is 4.88. The lowest BCUT2D eigenvalue weighted by Crippen LogP contribution is -2.43. The van der Waals surface area contributed by atoms with Gasteiger partial charge in [0.25, 0.3) is 0 Å². The molecule has 0 radical (unpaired) electrons. The van der Waals surface area contributed by atoms with Gasteiger partial charge < -0.3 is 15.2 Å². The Morgan fingerprint density at radius 1 is 1.27 bits per heavy atom. The van der Waals surface area contributed by atoms with Crippen LogP contribution in [0.2, 0.25) is 0 Å². The van der Waals surface area contributed by atoms with Crippen LogP contribution in [0.25, 0.3) is 0 Å². The first-order chi connectivity index (χ1) is 12.2. The molecule has 2 bridgehead atoms. The van der Waals surface area contributed by atoms with Gasteiger partial charge in [-0.2, -0.15) is 0 Å². The molecule has 0 aliphatic heterocycles. The Morgan fingerprint density at radius 2 is 2.00 bits per heavy atom. The molecule has 5 nitrogen and oxygen atoms in total. The molecule has 5 heteroatoms. The summed E-state index contributed by atoms with van der Waals surface area (Å²) in [5, 5.41) is 13.5. The number of hydrogen-bond donors (Lipinski definition) is 2. The van der Waals surface area contributed by atoms with Gasteiger partial charge >= 0.3 is 5.97 Å². The average Bonchev–Trinajstić information content (AvgIpc) is 2.90. The van der Waals surface area contributed by atoms with E-state index >= 15 is 0 Å². The van der Waals surface area contributed by atoms with Gasteiger partial charge in [0.15, 0.2) is 0 Å². The van der Waals surface area contributed by atoms with Crippen molar-refractivity contribution in [2.75, 3.05) is 11.9 Å². The highest BCUT2D eigenvalue weighted by molar-refractivity contribution is 5.98. The zero-order valence-corrected chi connectivity index (χ0v) is 16.1. The maximum Gasteiger partial charge on any atom is 0.338 e. The summed E-state index contributed by atoms with van der Waals surface area (Å²) in [6.07, 6.45) is 2.41. The Balaban J connectivity index is 1.80. The van der Waals surface area contributed by atoms with Gasteiger partial charge in [0.1, 0.15) is 0 Å². The van der Waals surface area contributed by atoms with Gasteiger partial charge in [-0.3, -0.25) is 4.79 Å². The fraction of sp³-hybridized carbons (Fsp3) is 0.619. The van der Waals surface area contributed by atoms with E-state index in [-0.39, 0.29) is 22.7 Å². The number of fused-ring (bicyclic) bond motifs is 2. The molecule has 1 aromatic carbocycles. The molecule has 3 unspecified atom stereocenters. The van der Waals surface area contributed by atoms with Crippen LogP contribution in [0, 0.1) is 16.2 Å². The molecule has 3 rings (SSSR count). The molecule has 2 aliphatic rings. The number of hydrogen-bond acceptors (Lipinski definition) is 4. The minimum atomic E-state index is -0.583. The summed E-state index contributed by atoms with van der Waals surface area (Å²) in [6, 6.07) is 6.85. The fourth-order valence-corrected chi connectivity index (χ4v) is 4.88. The Kier molecular flexibility index (Phi) is 4.63. The van der Waals surface area contributed by atoms with Crippen LogP contribution in [0.4, 0.5) is 5.69 Å². The van der Waals surface area contributed by atoms with Crippen molar-refractivity contribution in [2.45, 2.75) is 59.5 Å². The monoisotopic (exact) mass is 359 g/mol. The lowest BCUT2D eigenvalue weighted by molar-refractivity contribution is -0.130. The van der Waals surface area contributed by atoms with E-state index in [0.29, 0.717) is 24.3 Å². The minimum Gasteiger partial charge on any atom is -0.462 e. The molecule has 2 aliphatic carbocycles. The molecular formula is C21H29NO4. The number of anilines is 1. The van der Waals surface area contributed by atoms with E-state index < -0.39 is 11.5 Å². The maximum atomic E-state index is 13.2. The molecule has 2 N–H and O–H groups in total. The van der Waals surface area contributed by atoms with Gasteiger partial charge in [-0.15, -0.1) is 0 Å². The third kappa shape index (κ3) is 2.56. The van der Waals surface area contributed by atoms with E-state index in [0.717, 1.165) is 19.3 Å². The standard InChI is InChI=1S/C21H29NO4/c1-5-11-26-17(24)14-7-6-8-15(12-14)22-18(25)21-10-9-20(4,16(23)13-21)19(21,2)3/h6-8,12,16,23H,5,9-11,13H2,1-4H3,(H,22,25). The SMILES string of the molecule is CCCOC(=O)c1cccc(NC(=O)C23CCC(C)(C(O)C2)C3(C)C)c1. The molecule has 1 amide bonds. The van der Waals surface area contributed by atoms with E-state index in [1.807, 2.05) is 6.92 Å². The molecule has 1 aromatic rings. The summed E-state index contributed by atoms with van der Waals surface area (Å²) in [6.45, 7) is 8.59. The van der Waals surface area contributed by atoms with Crippen molar-refractivity contribution in [3.63, 3.8) is 0 Å². The molecule has 0 spiro atoms. The first-order valence-corrected chi connectivity index (χ1v) is 9.45. The smallest absolute Gasteiger partial charge is 0.338 e. The average molecular weight is 359 g/mol. The van der Waals surface area contributed by atoms with Crippen molar-refractivity contribution in [1.29, 1.82) is 0 Å². The van der Waals surface area contributed by atoms with Gasteiger partial charge in [0.05, 0.1) is 23.7 Å². The van der Waals surface area contributed by atoms with Gasteiger partial charge in [-0.25, -0.2) is 4.79 Å². The molecule has 2 fully saturated rings. The van der Waals surface area contributed by atoms with E-state index in [1.165, 1.54) is 0 Å². The van der Waals surface area contributed by atoms with Crippen LogP contribution in [-0.2, 0) is 9.53 Å². The summed E-state index contributed by atoms with van der Waals surface area (Å²) in [5.74, 6) is -0.451. The van der Waals surface area contributed by atoms with E-state index in [2.05, 4.69) is 26.1 Å². The summed E-state index contributed by atoms with van der Waals surface area (Å²) in [4.78, 5) is 25.3. The number of rotatable bonds is 5. The summed E-state index contributed by atoms with van der Waals surface area (Å²) < 4.78 is 5.16. The lowest BCUT2D eigenvalue weighted by Gasteiger charge is -2.40. The van der Waals surface area contributed by atoms with Crippen LogP contribution < -0.4 is 5.32 Å². The number of amides is 1. The largest absolute Gasteiger partial charge is 0.462 e. The van der Waals surface area contributed by atoms with E-state index in [1.54, 1.807) is 24.3 Å². The van der Waals surface area contributed by atoms with Crippen LogP contribution in [-0.4, -0.2) is 29.7 Å². The summed E-state index contributed by atoms with van der Waals surface area (Å²) >= 11 is 0. The Labute approximate surface area is 155 Å². The van der Waals surface area contributed by atoms with Crippen LogP contribution in [0.1, 0.15) is 63.7 Å². The third-order valence-electron chi connectivity index (χ3n) is 7.20.